The van der Waals surface area contributed by atoms with Crippen molar-refractivity contribution >= 4 is 16.7 Å². The first-order chi connectivity index (χ1) is 13.0. The molecule has 0 unspecified atom stereocenters. The van der Waals surface area contributed by atoms with Gasteiger partial charge in [-0.2, -0.15) is 9.47 Å². The van der Waals surface area contributed by atoms with Crippen molar-refractivity contribution in [3.8, 4) is 0 Å². The lowest BCUT2D eigenvalue weighted by Gasteiger charge is -2.33. The molecule has 0 spiro atoms. The molecule has 148 valence electrons. The number of morpholine rings is 1. The van der Waals surface area contributed by atoms with Gasteiger partial charge in [0.1, 0.15) is 5.82 Å². The minimum atomic E-state index is -0.00135. The zero-order chi connectivity index (χ0) is 18.9. The zero-order valence-corrected chi connectivity index (χ0v) is 17.4. The van der Waals surface area contributed by atoms with E-state index in [0.717, 1.165) is 56.9 Å². The molecule has 8 heteroatoms. The van der Waals surface area contributed by atoms with Crippen molar-refractivity contribution in [2.75, 3.05) is 44.3 Å². The number of nitrogens with zero attached hydrogens (tertiary/aromatic N) is 5. The average molecular weight is 391 g/mol. The summed E-state index contributed by atoms with van der Waals surface area (Å²) in [5, 5.41) is 8.72. The maximum absolute atomic E-state index is 5.47. The van der Waals surface area contributed by atoms with E-state index >= 15 is 0 Å². The molecule has 27 heavy (non-hydrogen) atoms. The highest BCUT2D eigenvalue weighted by molar-refractivity contribution is 7.09. The summed E-state index contributed by atoms with van der Waals surface area (Å²) in [6.07, 6.45) is 4.37. The van der Waals surface area contributed by atoms with E-state index in [0.29, 0.717) is 5.92 Å². The van der Waals surface area contributed by atoms with Crippen LogP contribution in [0.4, 0.5) is 5.13 Å². The molecule has 0 bridgehead atoms. The highest BCUT2D eigenvalue weighted by Gasteiger charge is 2.28. The molecule has 1 N–H and O–H groups in total. The molecule has 0 radical (unpaired) electrons. The van der Waals surface area contributed by atoms with Gasteiger partial charge in [-0.15, -0.1) is 0 Å². The lowest BCUT2D eigenvalue weighted by atomic mass is 9.92. The minimum absolute atomic E-state index is 0.00135. The minimum Gasteiger partial charge on any atom is -0.379 e. The van der Waals surface area contributed by atoms with Crippen LogP contribution >= 0.6 is 11.5 Å². The van der Waals surface area contributed by atoms with E-state index in [1.807, 2.05) is 6.20 Å². The van der Waals surface area contributed by atoms with Gasteiger partial charge in [-0.3, -0.25) is 10.00 Å². The molecular weight excluding hydrogens is 360 g/mol. The van der Waals surface area contributed by atoms with Crippen LogP contribution in [-0.4, -0.2) is 63.8 Å². The first-order valence-corrected chi connectivity index (χ1v) is 10.7. The number of anilines is 1. The summed E-state index contributed by atoms with van der Waals surface area (Å²) in [5.74, 6) is 1.42. The predicted molar refractivity (Wildman–Crippen MR) is 107 cm³/mol. The fourth-order valence-electron chi connectivity index (χ4n) is 3.84. The van der Waals surface area contributed by atoms with E-state index in [-0.39, 0.29) is 5.41 Å². The molecule has 4 heterocycles. The molecule has 1 atom stereocenters. The number of hydrogen-bond acceptors (Lipinski definition) is 7. The van der Waals surface area contributed by atoms with Gasteiger partial charge in [0, 0.05) is 66.8 Å². The van der Waals surface area contributed by atoms with Gasteiger partial charge in [0.2, 0.25) is 5.13 Å². The van der Waals surface area contributed by atoms with Crippen molar-refractivity contribution in [2.24, 2.45) is 0 Å². The molecule has 2 aliphatic rings. The number of H-pyrrole nitrogens is 1. The molecule has 0 saturated carbocycles. The van der Waals surface area contributed by atoms with Crippen LogP contribution in [0.15, 0.2) is 6.20 Å². The number of aromatic amines is 1. The van der Waals surface area contributed by atoms with Gasteiger partial charge in [-0.05, 0) is 12.8 Å². The van der Waals surface area contributed by atoms with Crippen LogP contribution in [0.3, 0.4) is 0 Å². The lowest BCUT2D eigenvalue weighted by Crippen LogP contribution is -2.37. The van der Waals surface area contributed by atoms with Gasteiger partial charge in [0.05, 0.1) is 19.4 Å². The van der Waals surface area contributed by atoms with Crippen LogP contribution in [-0.2, 0) is 16.7 Å². The summed E-state index contributed by atoms with van der Waals surface area (Å²) in [6, 6.07) is 0. The van der Waals surface area contributed by atoms with E-state index < -0.39 is 0 Å². The van der Waals surface area contributed by atoms with E-state index in [1.54, 1.807) is 0 Å². The van der Waals surface area contributed by atoms with Crippen LogP contribution in [0.5, 0.6) is 0 Å². The van der Waals surface area contributed by atoms with E-state index in [1.165, 1.54) is 35.6 Å². The summed E-state index contributed by atoms with van der Waals surface area (Å²) in [4.78, 5) is 9.68. The second-order valence-corrected chi connectivity index (χ2v) is 9.36. The zero-order valence-electron chi connectivity index (χ0n) is 16.6. The topological polar surface area (TPSA) is 70.2 Å². The van der Waals surface area contributed by atoms with Crippen molar-refractivity contribution in [2.45, 2.75) is 51.5 Å². The van der Waals surface area contributed by atoms with Crippen LogP contribution in [0.25, 0.3) is 0 Å². The first kappa shape index (κ1) is 18.8. The Kier molecular flexibility index (Phi) is 5.48. The summed E-state index contributed by atoms with van der Waals surface area (Å²) in [6.45, 7) is 13.2. The molecule has 0 aromatic carbocycles. The van der Waals surface area contributed by atoms with E-state index in [4.69, 9.17) is 9.72 Å². The number of nitrogens with one attached hydrogen (secondary N) is 1. The standard InChI is InChI=1S/C19H30N6OS/c1-19(2,3)17-21-18(27-23-17)25-6-4-5-14(13-25)16-15(11-20-22-16)12-24-7-9-26-10-8-24/h11,14H,4-10,12-13H2,1-3H3,(H,20,22)/t14-/m0/s1. The SMILES string of the molecule is CC(C)(C)c1nsc(N2CCC[C@H](c3[nH]ncc3CN3CCOCC3)C2)n1. The second-order valence-electron chi connectivity index (χ2n) is 8.63. The summed E-state index contributed by atoms with van der Waals surface area (Å²) in [5.41, 5.74) is 2.63. The van der Waals surface area contributed by atoms with Crippen molar-refractivity contribution in [1.82, 2.24) is 24.5 Å². The Bertz CT molecular complexity index is 745. The van der Waals surface area contributed by atoms with E-state index in [2.05, 4.69) is 45.1 Å². The quantitative estimate of drug-likeness (QED) is 0.866. The Labute approximate surface area is 165 Å². The molecule has 2 saturated heterocycles. The fraction of sp³-hybridized carbons (Fsp3) is 0.737. The normalized spacial score (nSPS) is 22.3. The summed E-state index contributed by atoms with van der Waals surface area (Å²) >= 11 is 1.53. The maximum atomic E-state index is 5.47. The Hall–Kier alpha value is -1.51. The van der Waals surface area contributed by atoms with Gasteiger partial charge in [0.25, 0.3) is 0 Å². The lowest BCUT2D eigenvalue weighted by molar-refractivity contribution is 0.0340. The Morgan fingerprint density at radius 3 is 2.81 bits per heavy atom. The van der Waals surface area contributed by atoms with Crippen molar-refractivity contribution in [3.63, 3.8) is 0 Å². The van der Waals surface area contributed by atoms with Crippen molar-refractivity contribution in [1.29, 1.82) is 0 Å². The smallest absolute Gasteiger partial charge is 0.205 e. The third-order valence-electron chi connectivity index (χ3n) is 5.44. The maximum Gasteiger partial charge on any atom is 0.205 e. The van der Waals surface area contributed by atoms with Gasteiger partial charge < -0.3 is 9.64 Å². The van der Waals surface area contributed by atoms with Crippen molar-refractivity contribution < 1.29 is 4.74 Å². The third kappa shape index (κ3) is 4.33. The van der Waals surface area contributed by atoms with Gasteiger partial charge in [0.15, 0.2) is 0 Å². The van der Waals surface area contributed by atoms with Crippen LogP contribution < -0.4 is 4.90 Å². The number of aromatic nitrogens is 4. The molecule has 2 fully saturated rings. The molecule has 0 aliphatic carbocycles. The van der Waals surface area contributed by atoms with Crippen LogP contribution in [0, 0.1) is 0 Å². The predicted octanol–water partition coefficient (Wildman–Crippen LogP) is 2.77. The number of rotatable bonds is 4. The molecule has 7 nitrogen and oxygen atoms in total. The Morgan fingerprint density at radius 1 is 1.26 bits per heavy atom. The molecule has 2 aliphatic heterocycles. The number of piperidine rings is 1. The van der Waals surface area contributed by atoms with Gasteiger partial charge in [-0.1, -0.05) is 20.8 Å². The Balaban J connectivity index is 1.46. The van der Waals surface area contributed by atoms with Crippen molar-refractivity contribution in [3.05, 3.63) is 23.3 Å². The highest BCUT2D eigenvalue weighted by Crippen LogP contribution is 2.33. The van der Waals surface area contributed by atoms with Crippen LogP contribution in [0.2, 0.25) is 0 Å². The van der Waals surface area contributed by atoms with Crippen LogP contribution in [0.1, 0.15) is 56.6 Å². The fourth-order valence-corrected chi connectivity index (χ4v) is 4.73. The Morgan fingerprint density at radius 2 is 2.07 bits per heavy atom. The number of hydrogen-bond donors (Lipinski definition) is 1. The molecular formula is C19H30N6OS. The molecule has 2 aromatic rings. The highest BCUT2D eigenvalue weighted by atomic mass is 32.1. The number of ether oxygens (including phenoxy) is 1. The average Bonchev–Trinajstić information content (AvgIpc) is 3.32. The van der Waals surface area contributed by atoms with Gasteiger partial charge in [-0.25, -0.2) is 4.98 Å². The van der Waals surface area contributed by atoms with Gasteiger partial charge >= 0.3 is 0 Å². The third-order valence-corrected chi connectivity index (χ3v) is 6.21. The van der Waals surface area contributed by atoms with E-state index in [9.17, 15) is 0 Å². The monoisotopic (exact) mass is 390 g/mol. The first-order valence-electron chi connectivity index (χ1n) is 9.92. The molecule has 0 amide bonds. The second kappa shape index (κ2) is 7.85. The molecule has 4 rings (SSSR count). The summed E-state index contributed by atoms with van der Waals surface area (Å²) < 4.78 is 10.1. The largest absolute Gasteiger partial charge is 0.379 e. The summed E-state index contributed by atoms with van der Waals surface area (Å²) in [7, 11) is 0. The molecule has 2 aromatic heterocycles.